The van der Waals surface area contributed by atoms with Crippen molar-refractivity contribution in [2.45, 2.75) is 37.2 Å². The number of hydrogen-bond acceptors (Lipinski definition) is 3. The van der Waals surface area contributed by atoms with Gasteiger partial charge >= 0.3 is 5.97 Å². The molecule has 2 nitrogen and oxygen atoms in total. The Labute approximate surface area is 119 Å². The van der Waals surface area contributed by atoms with E-state index in [9.17, 15) is 4.79 Å². The zero-order valence-corrected chi connectivity index (χ0v) is 12.1. The highest BCUT2D eigenvalue weighted by atomic mass is 32.2. The first-order valence-electron chi connectivity index (χ1n) is 6.84. The van der Waals surface area contributed by atoms with Gasteiger partial charge in [-0.25, -0.2) is 4.79 Å². The van der Waals surface area contributed by atoms with Crippen LogP contribution in [0.25, 0.3) is 0 Å². The second kappa shape index (κ2) is 7.39. The molecular weight excluding hydrogens is 256 g/mol. The summed E-state index contributed by atoms with van der Waals surface area (Å²) < 4.78 is 5.14. The van der Waals surface area contributed by atoms with Crippen LogP contribution in [-0.4, -0.2) is 17.8 Å². The van der Waals surface area contributed by atoms with Crippen LogP contribution in [0.1, 0.15) is 31.7 Å². The number of carbonyl (C=O) groups excluding carboxylic acids is 1. The van der Waals surface area contributed by atoms with E-state index in [1.165, 1.54) is 5.56 Å². The quantitative estimate of drug-likeness (QED) is 0.761. The number of rotatable bonds is 5. The lowest BCUT2D eigenvalue weighted by molar-refractivity contribution is -0.138. The van der Waals surface area contributed by atoms with Crippen LogP contribution in [0.4, 0.5) is 0 Å². The van der Waals surface area contributed by atoms with Gasteiger partial charge < -0.3 is 4.74 Å². The van der Waals surface area contributed by atoms with Crippen molar-refractivity contribution in [1.29, 1.82) is 0 Å². The molecule has 0 fully saturated rings. The molecule has 2 rings (SSSR count). The smallest absolute Gasteiger partial charge is 0.334 e. The lowest BCUT2D eigenvalue weighted by Crippen LogP contribution is -2.20. The number of allylic oxidation sites excluding steroid dienone is 1. The monoisotopic (exact) mass is 276 g/mol. The lowest BCUT2D eigenvalue weighted by Gasteiger charge is -2.22. The third-order valence-electron chi connectivity index (χ3n) is 3.19. The SMILES string of the molecule is CCOC(=O)C1=CCCC[C@@H]1SCc1ccccc1. The molecule has 0 spiro atoms. The fraction of sp³-hybridized carbons (Fsp3) is 0.438. The minimum Gasteiger partial charge on any atom is -0.463 e. The Morgan fingerprint density at radius 2 is 2.16 bits per heavy atom. The van der Waals surface area contributed by atoms with Crippen molar-refractivity contribution >= 4 is 17.7 Å². The van der Waals surface area contributed by atoms with E-state index in [-0.39, 0.29) is 11.2 Å². The zero-order chi connectivity index (χ0) is 13.5. The van der Waals surface area contributed by atoms with Crippen molar-refractivity contribution in [2.24, 2.45) is 0 Å². The molecule has 0 saturated heterocycles. The van der Waals surface area contributed by atoms with Crippen molar-refractivity contribution in [3.05, 3.63) is 47.5 Å². The summed E-state index contributed by atoms with van der Waals surface area (Å²) in [6, 6.07) is 10.4. The maximum atomic E-state index is 11.9. The van der Waals surface area contributed by atoms with E-state index in [0.717, 1.165) is 30.6 Å². The summed E-state index contributed by atoms with van der Waals surface area (Å²) in [7, 11) is 0. The van der Waals surface area contributed by atoms with E-state index in [4.69, 9.17) is 4.74 Å². The van der Waals surface area contributed by atoms with Gasteiger partial charge in [0.25, 0.3) is 0 Å². The van der Waals surface area contributed by atoms with Gasteiger partial charge in [0.2, 0.25) is 0 Å². The minimum atomic E-state index is -0.132. The predicted molar refractivity (Wildman–Crippen MR) is 80.1 cm³/mol. The summed E-state index contributed by atoms with van der Waals surface area (Å²) in [6.45, 7) is 2.31. The molecule has 1 aliphatic rings. The third kappa shape index (κ3) is 4.13. The second-order valence-corrected chi connectivity index (χ2v) is 5.79. The Bertz CT molecular complexity index is 439. The molecule has 0 amide bonds. The van der Waals surface area contributed by atoms with Gasteiger partial charge in [0, 0.05) is 16.6 Å². The van der Waals surface area contributed by atoms with Crippen LogP contribution in [0.15, 0.2) is 42.0 Å². The minimum absolute atomic E-state index is 0.132. The van der Waals surface area contributed by atoms with Gasteiger partial charge in [-0.1, -0.05) is 36.4 Å². The van der Waals surface area contributed by atoms with Crippen molar-refractivity contribution in [3.63, 3.8) is 0 Å². The van der Waals surface area contributed by atoms with Crippen LogP contribution >= 0.6 is 11.8 Å². The average molecular weight is 276 g/mol. The fourth-order valence-corrected chi connectivity index (χ4v) is 3.51. The van der Waals surface area contributed by atoms with Crippen molar-refractivity contribution in [1.82, 2.24) is 0 Å². The largest absolute Gasteiger partial charge is 0.463 e. The van der Waals surface area contributed by atoms with E-state index in [1.807, 2.05) is 24.8 Å². The van der Waals surface area contributed by atoms with Gasteiger partial charge in [0.15, 0.2) is 0 Å². The van der Waals surface area contributed by atoms with Gasteiger partial charge in [-0.05, 0) is 31.7 Å². The molecule has 19 heavy (non-hydrogen) atoms. The maximum absolute atomic E-state index is 11.9. The summed E-state index contributed by atoms with van der Waals surface area (Å²) in [5.41, 5.74) is 2.18. The van der Waals surface area contributed by atoms with Crippen LogP contribution < -0.4 is 0 Å². The predicted octanol–water partition coefficient (Wildman–Crippen LogP) is 3.96. The standard InChI is InChI=1S/C16H20O2S/c1-2-18-16(17)14-10-6-7-11-15(14)19-12-13-8-4-3-5-9-13/h3-5,8-10,15H,2,6-7,11-12H2,1H3/t15-/m0/s1. The highest BCUT2D eigenvalue weighted by molar-refractivity contribution is 7.99. The van der Waals surface area contributed by atoms with Gasteiger partial charge in [0.1, 0.15) is 0 Å². The summed E-state index contributed by atoms with van der Waals surface area (Å²) in [5, 5.41) is 0.285. The summed E-state index contributed by atoms with van der Waals surface area (Å²) in [6.07, 6.45) is 5.29. The highest BCUT2D eigenvalue weighted by Crippen LogP contribution is 2.32. The molecule has 0 bridgehead atoms. The lowest BCUT2D eigenvalue weighted by atomic mass is 9.99. The van der Waals surface area contributed by atoms with E-state index in [1.54, 1.807) is 0 Å². The Kier molecular flexibility index (Phi) is 5.52. The molecule has 0 aromatic heterocycles. The van der Waals surface area contributed by atoms with E-state index < -0.39 is 0 Å². The van der Waals surface area contributed by atoms with Crippen LogP contribution in [0, 0.1) is 0 Å². The zero-order valence-electron chi connectivity index (χ0n) is 11.3. The number of carbonyl (C=O) groups is 1. The molecule has 0 heterocycles. The molecule has 1 aliphatic carbocycles. The Morgan fingerprint density at radius 3 is 2.89 bits per heavy atom. The van der Waals surface area contributed by atoms with E-state index in [2.05, 4.69) is 30.3 Å². The van der Waals surface area contributed by atoms with E-state index in [0.29, 0.717) is 6.61 Å². The molecule has 0 radical (unpaired) electrons. The molecule has 3 heteroatoms. The summed E-state index contributed by atoms with van der Waals surface area (Å²) in [4.78, 5) is 11.9. The Balaban J connectivity index is 1.96. The molecule has 0 N–H and O–H groups in total. The number of thioether (sulfide) groups is 1. The average Bonchev–Trinajstić information content (AvgIpc) is 2.47. The first kappa shape index (κ1) is 14.2. The van der Waals surface area contributed by atoms with Crippen molar-refractivity contribution < 1.29 is 9.53 Å². The van der Waals surface area contributed by atoms with Gasteiger partial charge in [-0.2, -0.15) is 0 Å². The molecule has 1 atom stereocenters. The molecule has 102 valence electrons. The summed E-state index contributed by atoms with van der Waals surface area (Å²) >= 11 is 1.84. The first-order valence-corrected chi connectivity index (χ1v) is 7.89. The molecule has 0 aliphatic heterocycles. The van der Waals surface area contributed by atoms with Crippen molar-refractivity contribution in [3.8, 4) is 0 Å². The highest BCUT2D eigenvalue weighted by Gasteiger charge is 2.24. The first-order chi connectivity index (χ1) is 9.31. The van der Waals surface area contributed by atoms with Crippen molar-refractivity contribution in [2.75, 3.05) is 6.61 Å². The molecule has 0 unspecified atom stereocenters. The van der Waals surface area contributed by atoms with Gasteiger partial charge in [-0.15, -0.1) is 11.8 Å². The van der Waals surface area contributed by atoms with Crippen LogP contribution in [-0.2, 0) is 15.3 Å². The van der Waals surface area contributed by atoms with Crippen LogP contribution in [0.3, 0.4) is 0 Å². The van der Waals surface area contributed by atoms with Gasteiger partial charge in [-0.3, -0.25) is 0 Å². The van der Waals surface area contributed by atoms with Gasteiger partial charge in [0.05, 0.1) is 6.61 Å². The molecule has 0 saturated carbocycles. The molecule has 1 aromatic rings. The maximum Gasteiger partial charge on any atom is 0.334 e. The van der Waals surface area contributed by atoms with E-state index >= 15 is 0 Å². The number of hydrogen-bond donors (Lipinski definition) is 0. The Morgan fingerprint density at radius 1 is 1.37 bits per heavy atom. The number of esters is 1. The van der Waals surface area contributed by atoms with Crippen LogP contribution in [0.5, 0.6) is 0 Å². The Hall–Kier alpha value is -1.22. The second-order valence-electron chi connectivity index (χ2n) is 4.60. The summed E-state index contributed by atoms with van der Waals surface area (Å²) in [5.74, 6) is 0.815. The number of benzene rings is 1. The van der Waals surface area contributed by atoms with Crippen LogP contribution in [0.2, 0.25) is 0 Å². The third-order valence-corrected chi connectivity index (χ3v) is 4.58. The molecular formula is C16H20O2S. The topological polar surface area (TPSA) is 26.3 Å². The normalized spacial score (nSPS) is 18.8. The number of ether oxygens (including phenoxy) is 1. The molecule has 1 aromatic carbocycles. The fourth-order valence-electron chi connectivity index (χ4n) is 2.22.